The van der Waals surface area contributed by atoms with Gasteiger partial charge in [-0.15, -0.1) is 0 Å². The molecule has 0 spiro atoms. The van der Waals surface area contributed by atoms with Gasteiger partial charge in [-0.05, 0) is 45.4 Å². The summed E-state index contributed by atoms with van der Waals surface area (Å²) in [6, 6.07) is -0.346. The molecule has 3 N–H and O–H groups in total. The molecule has 0 bridgehead atoms. The number of aliphatic carboxylic acids is 1. The maximum absolute atomic E-state index is 12.1. The number of hydrogen-bond acceptors (Lipinski definition) is 2. The molecular weight excluding hydrogens is 244 g/mol. The van der Waals surface area contributed by atoms with E-state index in [4.69, 9.17) is 0 Å². The zero-order valence-electron chi connectivity index (χ0n) is 11.8. The summed E-state index contributed by atoms with van der Waals surface area (Å²) in [5.74, 6) is -0.881. The number of amides is 2. The molecule has 5 heteroatoms. The first-order chi connectivity index (χ1) is 8.86. The number of carboxylic acid groups (broad SMARTS) is 1. The molecule has 19 heavy (non-hydrogen) atoms. The minimum absolute atomic E-state index is 0.0647. The van der Waals surface area contributed by atoms with Gasteiger partial charge in [-0.1, -0.05) is 19.3 Å². The van der Waals surface area contributed by atoms with Crippen molar-refractivity contribution in [1.29, 1.82) is 0 Å². The van der Waals surface area contributed by atoms with Crippen molar-refractivity contribution in [3.63, 3.8) is 0 Å². The second-order valence-electron chi connectivity index (χ2n) is 6.48. The van der Waals surface area contributed by atoms with E-state index in [1.165, 1.54) is 6.42 Å². The SMILES string of the molecule is CC1(NC(=O)NC(C)(C(=O)O)C2CC2)CCCCC1. The summed E-state index contributed by atoms with van der Waals surface area (Å²) in [6.07, 6.45) is 7.14. The van der Waals surface area contributed by atoms with E-state index in [0.717, 1.165) is 38.5 Å². The van der Waals surface area contributed by atoms with Crippen LogP contribution in [0.25, 0.3) is 0 Å². The van der Waals surface area contributed by atoms with Crippen molar-refractivity contribution in [2.24, 2.45) is 5.92 Å². The van der Waals surface area contributed by atoms with E-state index in [2.05, 4.69) is 10.6 Å². The third-order valence-corrected chi connectivity index (χ3v) is 4.58. The number of carbonyl (C=O) groups is 2. The largest absolute Gasteiger partial charge is 0.480 e. The number of rotatable bonds is 4. The Hall–Kier alpha value is -1.26. The molecule has 0 aromatic rings. The lowest BCUT2D eigenvalue weighted by molar-refractivity contribution is -0.144. The van der Waals surface area contributed by atoms with Crippen LogP contribution in [0.4, 0.5) is 4.79 Å². The van der Waals surface area contributed by atoms with Gasteiger partial charge in [-0.25, -0.2) is 9.59 Å². The second kappa shape index (κ2) is 5.02. The maximum atomic E-state index is 12.1. The van der Waals surface area contributed by atoms with E-state index in [-0.39, 0.29) is 17.5 Å². The lowest BCUT2D eigenvalue weighted by Crippen LogP contribution is -2.60. The van der Waals surface area contributed by atoms with Crippen LogP contribution in [-0.2, 0) is 4.79 Å². The normalized spacial score (nSPS) is 25.2. The smallest absolute Gasteiger partial charge is 0.329 e. The first-order valence-electron chi connectivity index (χ1n) is 7.19. The van der Waals surface area contributed by atoms with Crippen LogP contribution in [0, 0.1) is 5.92 Å². The Labute approximate surface area is 114 Å². The van der Waals surface area contributed by atoms with Crippen molar-refractivity contribution in [2.45, 2.75) is 69.9 Å². The Morgan fingerprint density at radius 3 is 2.26 bits per heavy atom. The monoisotopic (exact) mass is 268 g/mol. The highest BCUT2D eigenvalue weighted by atomic mass is 16.4. The summed E-state index contributed by atoms with van der Waals surface area (Å²) in [4.78, 5) is 23.5. The molecule has 2 amide bonds. The van der Waals surface area contributed by atoms with Gasteiger partial charge in [0.1, 0.15) is 5.54 Å². The van der Waals surface area contributed by atoms with Crippen LogP contribution in [0.3, 0.4) is 0 Å². The molecule has 0 aliphatic heterocycles. The number of carboxylic acids is 1. The molecule has 2 fully saturated rings. The minimum atomic E-state index is -1.13. The highest BCUT2D eigenvalue weighted by Crippen LogP contribution is 2.39. The molecule has 2 rings (SSSR count). The van der Waals surface area contributed by atoms with E-state index < -0.39 is 11.5 Å². The van der Waals surface area contributed by atoms with Gasteiger partial charge in [0.25, 0.3) is 0 Å². The van der Waals surface area contributed by atoms with Crippen LogP contribution in [0.5, 0.6) is 0 Å². The van der Waals surface area contributed by atoms with Gasteiger partial charge >= 0.3 is 12.0 Å². The molecule has 2 saturated carbocycles. The number of hydrogen-bond donors (Lipinski definition) is 3. The molecule has 1 atom stereocenters. The van der Waals surface area contributed by atoms with Gasteiger partial charge in [-0.3, -0.25) is 0 Å². The topological polar surface area (TPSA) is 78.4 Å². The van der Waals surface area contributed by atoms with Crippen LogP contribution in [0.15, 0.2) is 0 Å². The average molecular weight is 268 g/mol. The molecule has 2 aliphatic rings. The van der Waals surface area contributed by atoms with Crippen molar-refractivity contribution in [3.05, 3.63) is 0 Å². The van der Waals surface area contributed by atoms with Crippen molar-refractivity contribution in [1.82, 2.24) is 10.6 Å². The first kappa shape index (κ1) is 14.2. The highest BCUT2D eigenvalue weighted by molar-refractivity contribution is 5.86. The second-order valence-corrected chi connectivity index (χ2v) is 6.48. The number of urea groups is 1. The van der Waals surface area contributed by atoms with Gasteiger partial charge in [0.2, 0.25) is 0 Å². The lowest BCUT2D eigenvalue weighted by atomic mass is 9.83. The zero-order valence-corrected chi connectivity index (χ0v) is 11.8. The van der Waals surface area contributed by atoms with Crippen LogP contribution in [-0.4, -0.2) is 28.2 Å². The fraction of sp³-hybridized carbons (Fsp3) is 0.857. The van der Waals surface area contributed by atoms with Gasteiger partial charge in [0, 0.05) is 5.54 Å². The zero-order chi connectivity index (χ0) is 14.1. The Balaban J connectivity index is 1.94. The van der Waals surface area contributed by atoms with Crippen LogP contribution in [0.1, 0.15) is 58.8 Å². The Morgan fingerprint density at radius 2 is 1.79 bits per heavy atom. The Morgan fingerprint density at radius 1 is 1.21 bits per heavy atom. The van der Waals surface area contributed by atoms with Gasteiger partial charge in [0.05, 0.1) is 0 Å². The van der Waals surface area contributed by atoms with Crippen LogP contribution < -0.4 is 10.6 Å². The molecule has 2 aliphatic carbocycles. The first-order valence-corrected chi connectivity index (χ1v) is 7.19. The van der Waals surface area contributed by atoms with Crippen LogP contribution >= 0.6 is 0 Å². The summed E-state index contributed by atoms with van der Waals surface area (Å²) in [5, 5.41) is 15.0. The quantitative estimate of drug-likeness (QED) is 0.731. The van der Waals surface area contributed by atoms with E-state index in [0.29, 0.717) is 0 Å². The molecule has 0 radical (unpaired) electrons. The average Bonchev–Trinajstić information content (AvgIpc) is 3.12. The van der Waals surface area contributed by atoms with E-state index in [9.17, 15) is 14.7 Å². The highest BCUT2D eigenvalue weighted by Gasteiger charge is 2.49. The van der Waals surface area contributed by atoms with Gasteiger partial charge < -0.3 is 15.7 Å². The molecular formula is C14H24N2O3. The molecule has 108 valence electrons. The predicted octanol–water partition coefficient (Wildman–Crippen LogP) is 2.26. The van der Waals surface area contributed by atoms with Gasteiger partial charge in [-0.2, -0.15) is 0 Å². The number of nitrogens with one attached hydrogen (secondary N) is 2. The molecule has 5 nitrogen and oxygen atoms in total. The third kappa shape index (κ3) is 3.19. The molecule has 0 aromatic heterocycles. The molecule has 0 aromatic carbocycles. The Bertz CT molecular complexity index is 373. The summed E-state index contributed by atoms with van der Waals surface area (Å²) in [6.45, 7) is 3.65. The summed E-state index contributed by atoms with van der Waals surface area (Å²) in [5.41, 5.74) is -1.32. The van der Waals surface area contributed by atoms with Crippen molar-refractivity contribution < 1.29 is 14.7 Å². The lowest BCUT2D eigenvalue weighted by Gasteiger charge is -2.36. The maximum Gasteiger partial charge on any atom is 0.329 e. The standard InChI is InChI=1S/C14H24N2O3/c1-13(8-4-3-5-9-13)15-12(19)16-14(2,11(17)18)10-6-7-10/h10H,3-9H2,1-2H3,(H,17,18)(H2,15,16,19). The third-order valence-electron chi connectivity index (χ3n) is 4.58. The number of carbonyl (C=O) groups excluding carboxylic acids is 1. The summed E-state index contributed by atoms with van der Waals surface area (Å²) in [7, 11) is 0. The molecule has 0 heterocycles. The van der Waals surface area contributed by atoms with Crippen molar-refractivity contribution >= 4 is 12.0 Å². The van der Waals surface area contributed by atoms with Crippen LogP contribution in [0.2, 0.25) is 0 Å². The van der Waals surface area contributed by atoms with E-state index >= 15 is 0 Å². The summed E-state index contributed by atoms with van der Waals surface area (Å²) >= 11 is 0. The van der Waals surface area contributed by atoms with E-state index in [1.807, 2.05) is 6.92 Å². The Kier molecular flexibility index (Phi) is 3.74. The van der Waals surface area contributed by atoms with E-state index in [1.54, 1.807) is 6.92 Å². The molecule has 1 unspecified atom stereocenters. The minimum Gasteiger partial charge on any atom is -0.480 e. The molecule has 0 saturated heterocycles. The fourth-order valence-electron chi connectivity index (χ4n) is 2.99. The van der Waals surface area contributed by atoms with Crippen molar-refractivity contribution in [2.75, 3.05) is 0 Å². The van der Waals surface area contributed by atoms with Gasteiger partial charge in [0.15, 0.2) is 0 Å². The fourth-order valence-corrected chi connectivity index (χ4v) is 2.99. The summed E-state index contributed by atoms with van der Waals surface area (Å²) < 4.78 is 0. The predicted molar refractivity (Wildman–Crippen MR) is 71.9 cm³/mol. The van der Waals surface area contributed by atoms with Crippen molar-refractivity contribution in [3.8, 4) is 0 Å².